The average Bonchev–Trinajstić information content (AvgIpc) is 3.16. The molecule has 3 N–H and O–H groups in total. The van der Waals surface area contributed by atoms with Gasteiger partial charge >= 0.3 is 0 Å². The highest BCUT2D eigenvalue weighted by atomic mass is 35.5. The van der Waals surface area contributed by atoms with E-state index in [1.165, 1.54) is 0 Å². The number of halogens is 1. The molecule has 1 fully saturated rings. The normalized spacial score (nSPS) is 15.9. The summed E-state index contributed by atoms with van der Waals surface area (Å²) in [6.07, 6.45) is 2.05. The number of hydrogen-bond donors (Lipinski definition) is 2. The Balaban J connectivity index is 0.00000272. The van der Waals surface area contributed by atoms with Crippen molar-refractivity contribution in [2.75, 3.05) is 45.4 Å². The molecule has 31 heavy (non-hydrogen) atoms. The number of primary amides is 1. The smallest absolute Gasteiger partial charge is 0.252 e. The van der Waals surface area contributed by atoms with E-state index in [1.54, 1.807) is 14.2 Å². The van der Waals surface area contributed by atoms with Gasteiger partial charge in [0.15, 0.2) is 5.65 Å². The number of nitrogens with two attached hydrogens (primary N) is 1. The molecule has 2 aromatic heterocycles. The minimum absolute atomic E-state index is 0. The van der Waals surface area contributed by atoms with E-state index in [0.29, 0.717) is 50.2 Å². The van der Waals surface area contributed by atoms with Gasteiger partial charge in [0.1, 0.15) is 5.82 Å². The fourth-order valence-electron chi connectivity index (χ4n) is 4.34. The second kappa shape index (κ2) is 9.40. The molecule has 0 radical (unpaired) electrons. The zero-order valence-corrected chi connectivity index (χ0v) is 18.7. The molecule has 0 spiro atoms. The van der Waals surface area contributed by atoms with Crippen molar-refractivity contribution >= 4 is 40.8 Å². The standard InChI is InChI=1S/C22H28N4O4.ClH/c1-29-12-7-15-13-16(19(23)28)20-24-17-5-3-4-6-18(17)26(20)21(15)25-10-8-22(14-27,30-2)9-11-25;/h3-6,13,27H,7-12,14H2,1-2H3,(H2,23,28);1H. The first kappa shape index (κ1) is 23.3. The zero-order chi connectivity index (χ0) is 21.3. The van der Waals surface area contributed by atoms with E-state index in [0.717, 1.165) is 22.4 Å². The van der Waals surface area contributed by atoms with Crippen molar-refractivity contribution in [2.24, 2.45) is 5.73 Å². The van der Waals surface area contributed by atoms with Gasteiger partial charge in [0.05, 0.1) is 35.4 Å². The first-order chi connectivity index (χ1) is 14.5. The number of hydrogen-bond acceptors (Lipinski definition) is 6. The molecule has 1 amide bonds. The maximum atomic E-state index is 12.2. The minimum Gasteiger partial charge on any atom is -0.393 e. The number of aliphatic hydroxyl groups excluding tert-OH is 1. The van der Waals surface area contributed by atoms with Crippen LogP contribution in [0.3, 0.4) is 0 Å². The predicted molar refractivity (Wildman–Crippen MR) is 122 cm³/mol. The van der Waals surface area contributed by atoms with E-state index in [-0.39, 0.29) is 19.0 Å². The lowest BCUT2D eigenvalue weighted by atomic mass is 9.91. The molecular formula is C22H29ClN4O4. The molecule has 1 saturated heterocycles. The summed E-state index contributed by atoms with van der Waals surface area (Å²) in [6, 6.07) is 9.68. The number of amides is 1. The third-order valence-corrected chi connectivity index (χ3v) is 6.16. The van der Waals surface area contributed by atoms with Crippen LogP contribution in [0.1, 0.15) is 28.8 Å². The molecule has 168 valence electrons. The van der Waals surface area contributed by atoms with Crippen LogP contribution in [0.5, 0.6) is 0 Å². The van der Waals surface area contributed by atoms with Crippen LogP contribution in [-0.2, 0) is 15.9 Å². The van der Waals surface area contributed by atoms with Gasteiger partial charge in [-0.25, -0.2) is 4.98 Å². The molecule has 0 saturated carbocycles. The van der Waals surface area contributed by atoms with Gasteiger partial charge in [0, 0.05) is 27.3 Å². The summed E-state index contributed by atoms with van der Waals surface area (Å²) in [6.45, 7) is 1.95. The lowest BCUT2D eigenvalue weighted by Crippen LogP contribution is -2.48. The number of aromatic nitrogens is 2. The molecule has 4 rings (SSSR count). The van der Waals surface area contributed by atoms with Crippen molar-refractivity contribution in [3.63, 3.8) is 0 Å². The molecule has 3 aromatic rings. The number of imidazole rings is 1. The van der Waals surface area contributed by atoms with Gasteiger partial charge in [-0.1, -0.05) is 12.1 Å². The van der Waals surface area contributed by atoms with Crippen LogP contribution in [0.2, 0.25) is 0 Å². The highest BCUT2D eigenvalue weighted by Crippen LogP contribution is 2.34. The number of piperidine rings is 1. The van der Waals surface area contributed by atoms with Crippen LogP contribution in [-0.4, -0.2) is 66.5 Å². The minimum atomic E-state index is -0.507. The molecule has 0 bridgehead atoms. The Morgan fingerprint density at radius 2 is 1.97 bits per heavy atom. The van der Waals surface area contributed by atoms with Gasteiger partial charge in [-0.05, 0) is 43.0 Å². The SMILES string of the molecule is COCCc1cc(C(N)=O)c2nc3ccccc3n2c1N1CCC(CO)(OC)CC1.Cl. The molecule has 0 unspecified atom stereocenters. The van der Waals surface area contributed by atoms with Crippen LogP contribution in [0.15, 0.2) is 30.3 Å². The Kier molecular flexibility index (Phi) is 7.06. The summed E-state index contributed by atoms with van der Waals surface area (Å²) >= 11 is 0. The van der Waals surface area contributed by atoms with Gasteiger partial charge in [-0.2, -0.15) is 0 Å². The van der Waals surface area contributed by atoms with Gasteiger partial charge < -0.3 is 25.2 Å². The van der Waals surface area contributed by atoms with Crippen LogP contribution in [0.25, 0.3) is 16.7 Å². The Labute approximate surface area is 187 Å². The van der Waals surface area contributed by atoms with E-state index in [9.17, 15) is 9.90 Å². The van der Waals surface area contributed by atoms with E-state index in [1.807, 2.05) is 34.7 Å². The number of pyridine rings is 1. The summed E-state index contributed by atoms with van der Waals surface area (Å²) in [5, 5.41) is 9.82. The number of fused-ring (bicyclic) bond motifs is 3. The molecule has 9 heteroatoms. The van der Waals surface area contributed by atoms with Gasteiger partial charge in [0.25, 0.3) is 5.91 Å². The van der Waals surface area contributed by atoms with Crippen molar-refractivity contribution in [3.8, 4) is 0 Å². The third-order valence-electron chi connectivity index (χ3n) is 6.16. The van der Waals surface area contributed by atoms with E-state index >= 15 is 0 Å². The predicted octanol–water partition coefficient (Wildman–Crippen LogP) is 2.17. The van der Waals surface area contributed by atoms with Crippen molar-refractivity contribution in [2.45, 2.75) is 24.9 Å². The Bertz CT molecular complexity index is 1070. The van der Waals surface area contributed by atoms with Gasteiger partial charge in [0.2, 0.25) is 0 Å². The number of aliphatic hydroxyl groups is 1. The topological polar surface area (TPSA) is 102 Å². The van der Waals surface area contributed by atoms with Gasteiger partial charge in [-0.3, -0.25) is 9.20 Å². The monoisotopic (exact) mass is 448 g/mol. The van der Waals surface area contributed by atoms with Crippen LogP contribution in [0, 0.1) is 0 Å². The van der Waals surface area contributed by atoms with E-state index < -0.39 is 11.5 Å². The first-order valence-corrected chi connectivity index (χ1v) is 10.2. The highest BCUT2D eigenvalue weighted by molar-refractivity contribution is 6.01. The summed E-state index contributed by atoms with van der Waals surface area (Å²) in [5.41, 5.74) is 8.89. The molecule has 0 aliphatic carbocycles. The van der Waals surface area contributed by atoms with Crippen molar-refractivity contribution in [1.29, 1.82) is 0 Å². The summed E-state index contributed by atoms with van der Waals surface area (Å²) in [4.78, 5) is 19.2. The highest BCUT2D eigenvalue weighted by Gasteiger charge is 2.35. The number of carbonyl (C=O) groups excluding carboxylic acids is 1. The Morgan fingerprint density at radius 1 is 1.26 bits per heavy atom. The number of methoxy groups -OCH3 is 2. The van der Waals surface area contributed by atoms with Crippen molar-refractivity contribution < 1.29 is 19.4 Å². The lowest BCUT2D eigenvalue weighted by Gasteiger charge is -2.41. The summed E-state index contributed by atoms with van der Waals surface area (Å²) in [7, 11) is 3.31. The maximum absolute atomic E-state index is 12.2. The van der Waals surface area contributed by atoms with Crippen molar-refractivity contribution in [3.05, 3.63) is 41.5 Å². The second-order valence-corrected chi connectivity index (χ2v) is 7.81. The summed E-state index contributed by atoms with van der Waals surface area (Å²) < 4.78 is 13.0. The van der Waals surface area contributed by atoms with E-state index in [4.69, 9.17) is 20.2 Å². The first-order valence-electron chi connectivity index (χ1n) is 10.2. The quantitative estimate of drug-likeness (QED) is 0.574. The average molecular weight is 449 g/mol. The fourth-order valence-corrected chi connectivity index (χ4v) is 4.34. The second-order valence-electron chi connectivity index (χ2n) is 7.81. The maximum Gasteiger partial charge on any atom is 0.252 e. The number of para-hydroxylation sites is 2. The van der Waals surface area contributed by atoms with E-state index in [2.05, 4.69) is 4.90 Å². The Morgan fingerprint density at radius 3 is 2.58 bits per heavy atom. The lowest BCUT2D eigenvalue weighted by molar-refractivity contribution is -0.0673. The number of ether oxygens (including phenoxy) is 2. The number of nitrogens with zero attached hydrogens (tertiary/aromatic N) is 3. The molecular weight excluding hydrogens is 420 g/mol. The Hall–Kier alpha value is -2.39. The number of carbonyl (C=O) groups is 1. The van der Waals surface area contributed by atoms with Crippen LogP contribution >= 0.6 is 12.4 Å². The van der Waals surface area contributed by atoms with Crippen LogP contribution < -0.4 is 10.6 Å². The number of benzene rings is 1. The molecule has 8 nitrogen and oxygen atoms in total. The molecule has 1 aliphatic heterocycles. The zero-order valence-electron chi connectivity index (χ0n) is 17.8. The van der Waals surface area contributed by atoms with Crippen LogP contribution in [0.4, 0.5) is 5.82 Å². The molecule has 1 aliphatic rings. The summed E-state index contributed by atoms with van der Waals surface area (Å²) in [5.74, 6) is 0.487. The largest absolute Gasteiger partial charge is 0.393 e. The number of anilines is 1. The molecule has 0 atom stereocenters. The molecule has 1 aromatic carbocycles. The van der Waals surface area contributed by atoms with Crippen molar-refractivity contribution in [1.82, 2.24) is 9.38 Å². The van der Waals surface area contributed by atoms with Gasteiger partial charge in [-0.15, -0.1) is 12.4 Å². The number of rotatable bonds is 7. The molecule has 3 heterocycles. The fraction of sp³-hybridized carbons (Fsp3) is 0.455. The third kappa shape index (κ3) is 4.08.